The van der Waals surface area contributed by atoms with Crippen LogP contribution in [-0.2, 0) is 6.42 Å². The van der Waals surface area contributed by atoms with Crippen LogP contribution in [0.25, 0.3) is 0 Å². The number of hydrogen-bond acceptors (Lipinski definition) is 3. The average molecular weight is 303 g/mol. The molecule has 1 heterocycles. The molecule has 1 aromatic rings. The van der Waals surface area contributed by atoms with E-state index >= 15 is 0 Å². The lowest BCUT2D eigenvalue weighted by molar-refractivity contribution is 0.120. The van der Waals surface area contributed by atoms with Crippen molar-refractivity contribution in [2.75, 3.05) is 33.4 Å². The number of allylic oxidation sites excluding steroid dienone is 1. The van der Waals surface area contributed by atoms with E-state index in [-0.39, 0.29) is 0 Å². The van der Waals surface area contributed by atoms with Crippen molar-refractivity contribution in [3.05, 3.63) is 36.4 Å². The van der Waals surface area contributed by atoms with Gasteiger partial charge < -0.3 is 9.47 Å². The third-order valence-corrected chi connectivity index (χ3v) is 4.22. The van der Waals surface area contributed by atoms with Gasteiger partial charge in [0.05, 0.1) is 7.11 Å². The Kier molecular flexibility index (Phi) is 6.32. The predicted octanol–water partition coefficient (Wildman–Crippen LogP) is 3.78. The summed E-state index contributed by atoms with van der Waals surface area (Å²) in [6.45, 7) is 12.5. The topological polar surface area (TPSA) is 21.7 Å². The van der Waals surface area contributed by atoms with Crippen LogP contribution in [0, 0.1) is 11.8 Å². The molecule has 3 heteroatoms. The van der Waals surface area contributed by atoms with Crippen molar-refractivity contribution >= 4 is 0 Å². The van der Waals surface area contributed by atoms with Gasteiger partial charge in [-0.3, -0.25) is 4.90 Å². The fourth-order valence-corrected chi connectivity index (χ4v) is 3.38. The number of nitrogens with zero attached hydrogens (tertiary/aromatic N) is 1. The summed E-state index contributed by atoms with van der Waals surface area (Å²) in [5.41, 5.74) is 1.19. The first kappa shape index (κ1) is 16.9. The minimum absolute atomic E-state index is 0.705. The molecule has 0 amide bonds. The molecule has 2 atom stereocenters. The van der Waals surface area contributed by atoms with E-state index in [2.05, 4.69) is 31.4 Å². The van der Waals surface area contributed by atoms with Crippen LogP contribution in [0.15, 0.2) is 30.9 Å². The zero-order valence-electron chi connectivity index (χ0n) is 14.2. The fraction of sp³-hybridized carbons (Fsp3) is 0.579. The number of hydrogen-bond donors (Lipinski definition) is 0. The first-order valence-corrected chi connectivity index (χ1v) is 8.25. The molecule has 1 saturated heterocycles. The Bertz CT molecular complexity index is 476. The quantitative estimate of drug-likeness (QED) is 0.716. The van der Waals surface area contributed by atoms with E-state index in [0.717, 1.165) is 36.3 Å². The van der Waals surface area contributed by atoms with E-state index < -0.39 is 0 Å². The normalized spacial score (nSPS) is 22.3. The van der Waals surface area contributed by atoms with Crippen molar-refractivity contribution < 1.29 is 9.47 Å². The minimum Gasteiger partial charge on any atom is -0.493 e. The Morgan fingerprint density at radius 2 is 1.95 bits per heavy atom. The molecule has 2 rings (SSSR count). The van der Waals surface area contributed by atoms with Gasteiger partial charge in [0, 0.05) is 19.6 Å². The molecule has 22 heavy (non-hydrogen) atoms. The van der Waals surface area contributed by atoms with Gasteiger partial charge in [-0.2, -0.15) is 0 Å². The largest absolute Gasteiger partial charge is 0.493 e. The van der Waals surface area contributed by atoms with Gasteiger partial charge in [-0.05, 0) is 42.4 Å². The third-order valence-electron chi connectivity index (χ3n) is 4.22. The van der Waals surface area contributed by atoms with Crippen LogP contribution < -0.4 is 9.47 Å². The average Bonchev–Trinajstić information content (AvgIpc) is 2.48. The van der Waals surface area contributed by atoms with Gasteiger partial charge in [0.1, 0.15) is 6.61 Å². The van der Waals surface area contributed by atoms with E-state index in [9.17, 15) is 0 Å². The van der Waals surface area contributed by atoms with E-state index in [1.54, 1.807) is 7.11 Å². The number of methoxy groups -OCH3 is 1. The number of likely N-dealkylation sites (tertiary alicyclic amines) is 1. The zero-order valence-corrected chi connectivity index (χ0v) is 14.2. The second kappa shape index (κ2) is 8.23. The Labute approximate surface area is 134 Å². The van der Waals surface area contributed by atoms with Gasteiger partial charge in [-0.1, -0.05) is 26.0 Å². The Balaban J connectivity index is 1.87. The molecule has 1 fully saturated rings. The standard InChI is InChI=1S/C19H29NO2/c1-5-6-17-7-8-18(19(12-17)21-4)22-10-9-20-13-15(2)11-16(3)14-20/h5,7-8,12,15-16H,1,6,9-11,13-14H2,2-4H3/t15-,16-/m1/s1. The molecule has 122 valence electrons. The lowest BCUT2D eigenvalue weighted by atomic mass is 9.92. The molecule has 0 radical (unpaired) electrons. The monoisotopic (exact) mass is 303 g/mol. The van der Waals surface area contributed by atoms with Crippen molar-refractivity contribution in [3.8, 4) is 11.5 Å². The van der Waals surface area contributed by atoms with Gasteiger partial charge in [0.2, 0.25) is 0 Å². The van der Waals surface area contributed by atoms with Crippen molar-refractivity contribution in [2.24, 2.45) is 11.8 Å². The molecule has 1 aliphatic rings. The van der Waals surface area contributed by atoms with Crippen LogP contribution in [0.5, 0.6) is 11.5 Å². The summed E-state index contributed by atoms with van der Waals surface area (Å²) >= 11 is 0. The number of rotatable bonds is 7. The molecule has 0 N–H and O–H groups in total. The summed E-state index contributed by atoms with van der Waals surface area (Å²) in [6.07, 6.45) is 4.09. The Morgan fingerprint density at radius 1 is 1.23 bits per heavy atom. The highest BCUT2D eigenvalue weighted by Gasteiger charge is 2.21. The van der Waals surface area contributed by atoms with Crippen LogP contribution in [0.1, 0.15) is 25.8 Å². The summed E-state index contributed by atoms with van der Waals surface area (Å²) < 4.78 is 11.4. The van der Waals surface area contributed by atoms with Crippen LogP contribution in [-0.4, -0.2) is 38.3 Å². The summed E-state index contributed by atoms with van der Waals surface area (Å²) in [7, 11) is 1.69. The molecule has 3 nitrogen and oxygen atoms in total. The fourth-order valence-electron chi connectivity index (χ4n) is 3.38. The maximum Gasteiger partial charge on any atom is 0.161 e. The summed E-state index contributed by atoms with van der Waals surface area (Å²) in [4.78, 5) is 2.51. The van der Waals surface area contributed by atoms with Crippen LogP contribution in [0.4, 0.5) is 0 Å². The maximum absolute atomic E-state index is 5.94. The maximum atomic E-state index is 5.94. The third kappa shape index (κ3) is 4.77. The summed E-state index contributed by atoms with van der Waals surface area (Å²) in [5.74, 6) is 3.21. The van der Waals surface area contributed by atoms with Crippen LogP contribution in [0.3, 0.4) is 0 Å². The molecule has 1 aliphatic heterocycles. The molecular weight excluding hydrogens is 274 g/mol. The molecule has 0 spiro atoms. The first-order chi connectivity index (χ1) is 10.6. The van der Waals surface area contributed by atoms with E-state index in [0.29, 0.717) is 6.61 Å². The minimum atomic E-state index is 0.705. The molecule has 1 aromatic carbocycles. The lowest BCUT2D eigenvalue weighted by Crippen LogP contribution is -2.40. The molecular formula is C19H29NO2. The van der Waals surface area contributed by atoms with Crippen LogP contribution in [0.2, 0.25) is 0 Å². The number of benzene rings is 1. The SMILES string of the molecule is C=CCc1ccc(OCCN2C[C@H](C)C[C@@H](C)C2)c(OC)c1. The molecule has 0 aliphatic carbocycles. The lowest BCUT2D eigenvalue weighted by Gasteiger charge is -2.34. The summed E-state index contributed by atoms with van der Waals surface area (Å²) in [5, 5.41) is 0. The number of piperidine rings is 1. The highest BCUT2D eigenvalue weighted by Crippen LogP contribution is 2.28. The highest BCUT2D eigenvalue weighted by molar-refractivity contribution is 5.43. The van der Waals surface area contributed by atoms with Gasteiger partial charge in [-0.15, -0.1) is 6.58 Å². The second-order valence-electron chi connectivity index (χ2n) is 6.53. The molecule has 0 bridgehead atoms. The first-order valence-electron chi connectivity index (χ1n) is 8.25. The molecule has 0 saturated carbocycles. The van der Waals surface area contributed by atoms with Crippen molar-refractivity contribution in [2.45, 2.75) is 26.7 Å². The predicted molar refractivity (Wildman–Crippen MR) is 91.8 cm³/mol. The van der Waals surface area contributed by atoms with Crippen molar-refractivity contribution in [1.29, 1.82) is 0 Å². The van der Waals surface area contributed by atoms with Gasteiger partial charge in [0.15, 0.2) is 11.5 Å². The van der Waals surface area contributed by atoms with E-state index in [1.165, 1.54) is 25.1 Å². The van der Waals surface area contributed by atoms with Crippen molar-refractivity contribution in [1.82, 2.24) is 4.90 Å². The second-order valence-corrected chi connectivity index (χ2v) is 6.53. The smallest absolute Gasteiger partial charge is 0.161 e. The Morgan fingerprint density at radius 3 is 2.59 bits per heavy atom. The van der Waals surface area contributed by atoms with Gasteiger partial charge in [0.25, 0.3) is 0 Å². The highest BCUT2D eigenvalue weighted by atomic mass is 16.5. The zero-order chi connectivity index (χ0) is 15.9. The van der Waals surface area contributed by atoms with Gasteiger partial charge in [-0.25, -0.2) is 0 Å². The van der Waals surface area contributed by atoms with Crippen molar-refractivity contribution in [3.63, 3.8) is 0 Å². The van der Waals surface area contributed by atoms with E-state index in [4.69, 9.17) is 9.47 Å². The van der Waals surface area contributed by atoms with Crippen LogP contribution >= 0.6 is 0 Å². The molecule has 0 aromatic heterocycles. The van der Waals surface area contributed by atoms with E-state index in [1.807, 2.05) is 18.2 Å². The molecule has 0 unspecified atom stereocenters. The summed E-state index contributed by atoms with van der Waals surface area (Å²) in [6, 6.07) is 6.10. The van der Waals surface area contributed by atoms with Gasteiger partial charge >= 0.3 is 0 Å². The Hall–Kier alpha value is -1.48. The number of ether oxygens (including phenoxy) is 2.